The Morgan fingerprint density at radius 2 is 1.96 bits per heavy atom. The van der Waals surface area contributed by atoms with E-state index in [-0.39, 0.29) is 30.6 Å². The molecule has 0 unspecified atom stereocenters. The molecule has 0 radical (unpaired) electrons. The van der Waals surface area contributed by atoms with Gasteiger partial charge in [-0.3, -0.25) is 4.79 Å². The van der Waals surface area contributed by atoms with Gasteiger partial charge in [-0.25, -0.2) is 9.18 Å². The smallest absolute Gasteiger partial charge is 0.341 e. The van der Waals surface area contributed by atoms with Crippen molar-refractivity contribution in [3.63, 3.8) is 0 Å². The molecule has 6 heteroatoms. The molecular weight excluding hydrogens is 313 g/mol. The molecule has 1 heterocycles. The minimum atomic E-state index is -0.473. The van der Waals surface area contributed by atoms with E-state index in [4.69, 9.17) is 4.42 Å². The molecule has 0 bridgehead atoms. The van der Waals surface area contributed by atoms with E-state index in [0.717, 1.165) is 5.56 Å². The van der Waals surface area contributed by atoms with E-state index in [9.17, 15) is 14.0 Å². The number of hydrogen-bond acceptors (Lipinski definition) is 4. The zero-order chi connectivity index (χ0) is 17.7. The number of methoxy groups -OCH3 is 1. The average Bonchev–Trinajstić information content (AvgIpc) is 2.93. The third-order valence-electron chi connectivity index (χ3n) is 3.76. The van der Waals surface area contributed by atoms with Crippen molar-refractivity contribution in [1.29, 1.82) is 0 Å². The number of furan rings is 1. The Labute approximate surface area is 139 Å². The van der Waals surface area contributed by atoms with Gasteiger partial charge in [-0.15, -0.1) is 0 Å². The number of amides is 1. The van der Waals surface area contributed by atoms with Gasteiger partial charge in [-0.2, -0.15) is 0 Å². The Kier molecular flexibility index (Phi) is 5.73. The van der Waals surface area contributed by atoms with Gasteiger partial charge in [0.25, 0.3) is 0 Å². The van der Waals surface area contributed by atoms with Gasteiger partial charge in [-0.1, -0.05) is 19.1 Å². The second-order valence-corrected chi connectivity index (χ2v) is 5.61. The van der Waals surface area contributed by atoms with Crippen molar-refractivity contribution in [3.8, 4) is 0 Å². The number of halogens is 1. The molecular formula is C18H20FNO4. The molecule has 1 aromatic heterocycles. The van der Waals surface area contributed by atoms with Gasteiger partial charge < -0.3 is 14.5 Å². The predicted octanol–water partition coefficient (Wildman–Crippen LogP) is 3.32. The number of hydrogen-bond donors (Lipinski definition) is 1. The van der Waals surface area contributed by atoms with Gasteiger partial charge in [-0.05, 0) is 36.6 Å². The largest absolute Gasteiger partial charge is 0.465 e. The first-order valence-corrected chi connectivity index (χ1v) is 7.60. The second kappa shape index (κ2) is 7.77. The van der Waals surface area contributed by atoms with E-state index in [1.165, 1.54) is 19.2 Å². The van der Waals surface area contributed by atoms with Crippen LogP contribution >= 0.6 is 0 Å². The summed E-state index contributed by atoms with van der Waals surface area (Å²) in [6.45, 7) is 3.75. The van der Waals surface area contributed by atoms with Gasteiger partial charge in [0.1, 0.15) is 22.9 Å². The zero-order valence-electron chi connectivity index (χ0n) is 13.9. The highest BCUT2D eigenvalue weighted by Crippen LogP contribution is 2.19. The van der Waals surface area contributed by atoms with Crippen molar-refractivity contribution in [2.24, 2.45) is 0 Å². The Balaban J connectivity index is 1.89. The van der Waals surface area contributed by atoms with Crippen molar-refractivity contribution in [1.82, 2.24) is 5.32 Å². The van der Waals surface area contributed by atoms with Gasteiger partial charge in [0.05, 0.1) is 13.7 Å². The monoisotopic (exact) mass is 333 g/mol. The zero-order valence-corrected chi connectivity index (χ0v) is 13.9. The molecule has 2 aromatic rings. The summed E-state index contributed by atoms with van der Waals surface area (Å²) in [5, 5.41) is 2.75. The Bertz CT molecular complexity index is 721. The Hall–Kier alpha value is -2.63. The summed E-state index contributed by atoms with van der Waals surface area (Å²) in [6, 6.07) is 7.66. The summed E-state index contributed by atoms with van der Waals surface area (Å²) in [7, 11) is 1.30. The van der Waals surface area contributed by atoms with Crippen LogP contribution in [0.4, 0.5) is 4.39 Å². The highest BCUT2D eigenvalue weighted by atomic mass is 19.1. The van der Waals surface area contributed by atoms with E-state index in [1.54, 1.807) is 25.1 Å². The summed E-state index contributed by atoms with van der Waals surface area (Å²) in [5.74, 6) is -0.0275. The van der Waals surface area contributed by atoms with Gasteiger partial charge in [0, 0.05) is 6.42 Å². The fourth-order valence-electron chi connectivity index (χ4n) is 2.39. The van der Waals surface area contributed by atoms with Crippen LogP contribution in [0.2, 0.25) is 0 Å². The molecule has 1 N–H and O–H groups in total. The van der Waals surface area contributed by atoms with E-state index < -0.39 is 5.97 Å². The third kappa shape index (κ3) is 4.44. The van der Waals surface area contributed by atoms with Crippen LogP contribution in [-0.2, 0) is 16.1 Å². The van der Waals surface area contributed by atoms with Crippen molar-refractivity contribution in [3.05, 3.63) is 58.8 Å². The maximum Gasteiger partial charge on any atom is 0.341 e. The third-order valence-corrected chi connectivity index (χ3v) is 3.76. The molecule has 0 saturated carbocycles. The van der Waals surface area contributed by atoms with Crippen LogP contribution in [0.1, 0.15) is 46.7 Å². The molecule has 2 rings (SSSR count). The van der Waals surface area contributed by atoms with Crippen LogP contribution in [-0.4, -0.2) is 19.0 Å². The molecule has 1 aromatic carbocycles. The van der Waals surface area contributed by atoms with Gasteiger partial charge >= 0.3 is 5.97 Å². The number of aryl methyl sites for hydroxylation is 1. The second-order valence-electron chi connectivity index (χ2n) is 5.61. The first kappa shape index (κ1) is 17.7. The highest BCUT2D eigenvalue weighted by Gasteiger charge is 2.16. The Morgan fingerprint density at radius 1 is 1.29 bits per heavy atom. The van der Waals surface area contributed by atoms with Crippen molar-refractivity contribution < 1.29 is 23.1 Å². The molecule has 0 aliphatic carbocycles. The average molecular weight is 333 g/mol. The predicted molar refractivity (Wildman–Crippen MR) is 86.1 cm³/mol. The summed E-state index contributed by atoms with van der Waals surface area (Å²) in [4.78, 5) is 23.5. The van der Waals surface area contributed by atoms with Crippen LogP contribution in [0.3, 0.4) is 0 Å². The molecule has 0 saturated heterocycles. The fourth-order valence-corrected chi connectivity index (χ4v) is 2.39. The topological polar surface area (TPSA) is 68.5 Å². The summed E-state index contributed by atoms with van der Waals surface area (Å²) in [6.07, 6.45) is 0.273. The van der Waals surface area contributed by atoms with E-state index in [0.29, 0.717) is 17.1 Å². The minimum Gasteiger partial charge on any atom is -0.465 e. The molecule has 1 amide bonds. The number of carbonyl (C=O) groups excluding carboxylic acids is 2. The maximum atomic E-state index is 12.9. The molecule has 0 aliphatic rings. The van der Waals surface area contributed by atoms with Crippen LogP contribution in [0.15, 0.2) is 34.7 Å². The number of rotatable bonds is 6. The number of carbonyl (C=O) groups is 2. The number of nitrogens with one attached hydrogen (secondary N) is 1. The molecule has 0 spiro atoms. The minimum absolute atomic E-state index is 0.0328. The summed E-state index contributed by atoms with van der Waals surface area (Å²) < 4.78 is 23.0. The lowest BCUT2D eigenvalue weighted by Gasteiger charge is -2.11. The van der Waals surface area contributed by atoms with Crippen LogP contribution in [0, 0.1) is 12.7 Å². The number of esters is 1. The number of benzene rings is 1. The first-order chi connectivity index (χ1) is 11.4. The number of ether oxygens (including phenoxy) is 1. The van der Waals surface area contributed by atoms with E-state index in [1.807, 2.05) is 6.92 Å². The van der Waals surface area contributed by atoms with E-state index >= 15 is 0 Å². The highest BCUT2D eigenvalue weighted by molar-refractivity contribution is 5.90. The normalized spacial score (nSPS) is 11.8. The Morgan fingerprint density at radius 3 is 2.58 bits per heavy atom. The van der Waals surface area contributed by atoms with Crippen molar-refractivity contribution in [2.45, 2.75) is 32.7 Å². The van der Waals surface area contributed by atoms with Crippen LogP contribution < -0.4 is 5.32 Å². The SMILES string of the molecule is COC(=O)c1cc(CNC(=O)C[C@@H](C)c2ccc(F)cc2)oc1C. The summed E-state index contributed by atoms with van der Waals surface area (Å²) in [5.41, 5.74) is 1.25. The van der Waals surface area contributed by atoms with Crippen LogP contribution in [0.25, 0.3) is 0 Å². The van der Waals surface area contributed by atoms with E-state index in [2.05, 4.69) is 10.1 Å². The molecule has 1 atom stereocenters. The van der Waals surface area contributed by atoms with Crippen LogP contribution in [0.5, 0.6) is 0 Å². The van der Waals surface area contributed by atoms with Gasteiger partial charge in [0.15, 0.2) is 0 Å². The molecule has 0 aliphatic heterocycles. The molecule has 128 valence electrons. The first-order valence-electron chi connectivity index (χ1n) is 7.60. The maximum absolute atomic E-state index is 12.9. The lowest BCUT2D eigenvalue weighted by atomic mass is 9.97. The van der Waals surface area contributed by atoms with Gasteiger partial charge in [0.2, 0.25) is 5.91 Å². The lowest BCUT2D eigenvalue weighted by molar-refractivity contribution is -0.121. The standard InChI is InChI=1S/C18H20FNO4/c1-11(13-4-6-14(19)7-5-13)8-17(21)20-10-15-9-16(12(2)24-15)18(22)23-3/h4-7,9,11H,8,10H2,1-3H3,(H,20,21)/t11-/m1/s1. The van der Waals surface area contributed by atoms with Crippen molar-refractivity contribution in [2.75, 3.05) is 7.11 Å². The lowest BCUT2D eigenvalue weighted by Crippen LogP contribution is -2.23. The molecule has 24 heavy (non-hydrogen) atoms. The molecule has 0 fully saturated rings. The fraction of sp³-hybridized carbons (Fsp3) is 0.333. The summed E-state index contributed by atoms with van der Waals surface area (Å²) >= 11 is 0. The quantitative estimate of drug-likeness (QED) is 0.823. The molecule has 5 nitrogen and oxygen atoms in total. The van der Waals surface area contributed by atoms with Crippen molar-refractivity contribution >= 4 is 11.9 Å².